The zero-order valence-electron chi connectivity index (χ0n) is 11.4. The molecule has 0 aliphatic heterocycles. The Morgan fingerprint density at radius 1 is 1.30 bits per heavy atom. The van der Waals surface area contributed by atoms with Gasteiger partial charge < -0.3 is 4.74 Å². The minimum Gasteiger partial charge on any atom is -0.492 e. The number of aromatic nitrogens is 2. The highest BCUT2D eigenvalue weighted by atomic mass is 79.9. The Kier molecular flexibility index (Phi) is 4.19. The van der Waals surface area contributed by atoms with Crippen LogP contribution in [0.2, 0.25) is 0 Å². The lowest BCUT2D eigenvalue weighted by atomic mass is 10.3. The highest BCUT2D eigenvalue weighted by Gasteiger charge is 2.24. The van der Waals surface area contributed by atoms with Crippen molar-refractivity contribution in [2.24, 2.45) is 0 Å². The number of ether oxygens (including phenoxy) is 1. The van der Waals surface area contributed by atoms with E-state index in [0.29, 0.717) is 28.2 Å². The number of nitrogens with zero attached hydrogens (tertiary/aromatic N) is 2. The second-order valence-corrected chi connectivity index (χ2v) is 6.95. The van der Waals surface area contributed by atoms with Crippen LogP contribution in [-0.2, 0) is 10.0 Å². The van der Waals surface area contributed by atoms with Gasteiger partial charge in [0.1, 0.15) is 10.6 Å². The molecule has 0 unspecified atom stereocenters. The average molecular weight is 359 g/mol. The maximum absolute atomic E-state index is 12.7. The topological polar surface area (TPSA) is 61.2 Å². The second kappa shape index (κ2) is 5.57. The van der Waals surface area contributed by atoms with Gasteiger partial charge in [0.25, 0.3) is 10.0 Å². The first kappa shape index (κ1) is 15.1. The van der Waals surface area contributed by atoms with Crippen LogP contribution >= 0.6 is 15.9 Å². The molecule has 0 aliphatic rings. The lowest BCUT2D eigenvalue weighted by Crippen LogP contribution is -2.17. The molecule has 0 spiro atoms. The van der Waals surface area contributed by atoms with Crippen LogP contribution in [-0.4, -0.2) is 24.2 Å². The Hall–Kier alpha value is -1.34. The van der Waals surface area contributed by atoms with Gasteiger partial charge in [-0.15, -0.1) is 0 Å². The third kappa shape index (κ3) is 2.73. The highest BCUT2D eigenvalue weighted by molar-refractivity contribution is 9.10. The first-order chi connectivity index (χ1) is 9.36. The number of benzene rings is 1. The van der Waals surface area contributed by atoms with Gasteiger partial charge >= 0.3 is 0 Å². The van der Waals surface area contributed by atoms with Crippen molar-refractivity contribution in [3.8, 4) is 5.75 Å². The molecule has 0 atom stereocenters. The van der Waals surface area contributed by atoms with Crippen molar-refractivity contribution in [2.45, 2.75) is 25.7 Å². The fourth-order valence-electron chi connectivity index (χ4n) is 1.90. The summed E-state index contributed by atoms with van der Waals surface area (Å²) in [5, 5.41) is 4.05. The zero-order valence-corrected chi connectivity index (χ0v) is 13.8. The summed E-state index contributed by atoms with van der Waals surface area (Å²) in [5.74, 6) is 0.322. The number of halogens is 1. The van der Waals surface area contributed by atoms with Crippen molar-refractivity contribution < 1.29 is 13.2 Å². The van der Waals surface area contributed by atoms with Crippen LogP contribution in [0.5, 0.6) is 5.75 Å². The maximum Gasteiger partial charge on any atom is 0.286 e. The van der Waals surface area contributed by atoms with Crippen LogP contribution in [0.25, 0.3) is 0 Å². The smallest absolute Gasteiger partial charge is 0.286 e. The van der Waals surface area contributed by atoms with Crippen LogP contribution in [0, 0.1) is 13.8 Å². The minimum atomic E-state index is -3.77. The van der Waals surface area contributed by atoms with Crippen molar-refractivity contribution in [3.63, 3.8) is 0 Å². The van der Waals surface area contributed by atoms with Gasteiger partial charge in [0.2, 0.25) is 0 Å². The molecule has 0 bridgehead atoms. The summed E-state index contributed by atoms with van der Waals surface area (Å²) in [5.41, 5.74) is 1.21. The van der Waals surface area contributed by atoms with Crippen LogP contribution in [0.15, 0.2) is 33.6 Å². The molecule has 2 rings (SSSR count). The fourth-order valence-corrected chi connectivity index (χ4v) is 3.93. The third-order valence-corrected chi connectivity index (χ3v) is 4.87. The number of hydrogen-bond acceptors (Lipinski definition) is 4. The van der Waals surface area contributed by atoms with Gasteiger partial charge in [0.15, 0.2) is 0 Å². The summed E-state index contributed by atoms with van der Waals surface area (Å²) in [6.45, 7) is 5.66. The zero-order chi connectivity index (χ0) is 14.9. The highest BCUT2D eigenvalue weighted by Crippen LogP contribution is 2.29. The van der Waals surface area contributed by atoms with Crippen molar-refractivity contribution in [1.29, 1.82) is 0 Å². The minimum absolute atomic E-state index is 0.0972. The molecule has 0 saturated heterocycles. The van der Waals surface area contributed by atoms with Gasteiger partial charge in [-0.1, -0.05) is 15.9 Å². The molecule has 0 amide bonds. The van der Waals surface area contributed by atoms with Crippen LogP contribution in [0.4, 0.5) is 0 Å². The van der Waals surface area contributed by atoms with Crippen molar-refractivity contribution in [2.75, 3.05) is 6.61 Å². The Bertz CT molecular complexity index is 738. The summed E-state index contributed by atoms with van der Waals surface area (Å²) in [6.07, 6.45) is 0. The molecule has 108 valence electrons. The van der Waals surface area contributed by atoms with E-state index in [4.69, 9.17) is 4.74 Å². The normalized spacial score (nSPS) is 11.6. The molecular weight excluding hydrogens is 344 g/mol. The lowest BCUT2D eigenvalue weighted by molar-refractivity contribution is 0.331. The van der Waals surface area contributed by atoms with Gasteiger partial charge in [0.05, 0.1) is 18.0 Å². The van der Waals surface area contributed by atoms with E-state index in [1.54, 1.807) is 32.0 Å². The largest absolute Gasteiger partial charge is 0.492 e. The summed E-state index contributed by atoms with van der Waals surface area (Å²) in [7, 11) is -3.77. The molecule has 7 heteroatoms. The molecule has 1 aromatic carbocycles. The third-order valence-electron chi connectivity index (χ3n) is 2.68. The molecule has 1 heterocycles. The van der Waals surface area contributed by atoms with Gasteiger partial charge in [0, 0.05) is 4.47 Å². The molecule has 2 aromatic rings. The molecule has 0 saturated carbocycles. The predicted molar refractivity (Wildman–Crippen MR) is 79.6 cm³/mol. The van der Waals surface area contributed by atoms with E-state index in [1.165, 1.54) is 6.07 Å². The van der Waals surface area contributed by atoms with E-state index in [9.17, 15) is 8.42 Å². The van der Waals surface area contributed by atoms with E-state index in [2.05, 4.69) is 21.0 Å². The summed E-state index contributed by atoms with van der Waals surface area (Å²) < 4.78 is 32.5. The molecule has 0 radical (unpaired) electrons. The standard InChI is InChI=1S/C13H15BrN2O3S/c1-4-19-12-6-5-11(14)8-13(12)20(17,18)16-10(3)7-9(2)15-16/h5-8H,4H2,1-3H3. The quantitative estimate of drug-likeness (QED) is 0.842. The first-order valence-electron chi connectivity index (χ1n) is 6.07. The molecule has 20 heavy (non-hydrogen) atoms. The van der Waals surface area contributed by atoms with Gasteiger partial charge in [-0.05, 0) is 45.0 Å². The fraction of sp³-hybridized carbons (Fsp3) is 0.308. The van der Waals surface area contributed by atoms with Gasteiger partial charge in [-0.2, -0.15) is 17.6 Å². The summed E-state index contributed by atoms with van der Waals surface area (Å²) >= 11 is 3.29. The Balaban J connectivity index is 2.65. The maximum atomic E-state index is 12.7. The van der Waals surface area contributed by atoms with E-state index in [-0.39, 0.29) is 4.90 Å². The van der Waals surface area contributed by atoms with Crippen molar-refractivity contribution >= 4 is 26.0 Å². The average Bonchev–Trinajstić information content (AvgIpc) is 2.71. The van der Waals surface area contributed by atoms with Crippen LogP contribution < -0.4 is 4.74 Å². The molecule has 0 N–H and O–H groups in total. The Morgan fingerprint density at radius 3 is 2.55 bits per heavy atom. The van der Waals surface area contributed by atoms with Crippen LogP contribution in [0.1, 0.15) is 18.3 Å². The number of hydrogen-bond donors (Lipinski definition) is 0. The number of aryl methyl sites for hydroxylation is 2. The molecule has 0 fully saturated rings. The van der Waals surface area contributed by atoms with Gasteiger partial charge in [-0.25, -0.2) is 0 Å². The molecule has 5 nitrogen and oxygen atoms in total. The monoisotopic (exact) mass is 358 g/mol. The van der Waals surface area contributed by atoms with Gasteiger partial charge in [-0.3, -0.25) is 0 Å². The first-order valence-corrected chi connectivity index (χ1v) is 8.30. The van der Waals surface area contributed by atoms with E-state index < -0.39 is 10.0 Å². The van der Waals surface area contributed by atoms with Crippen molar-refractivity contribution in [3.05, 3.63) is 40.1 Å². The SMILES string of the molecule is CCOc1ccc(Br)cc1S(=O)(=O)n1nc(C)cc1C. The second-order valence-electron chi connectivity index (χ2n) is 4.30. The molecule has 0 aliphatic carbocycles. The molecular formula is C13H15BrN2O3S. The van der Waals surface area contributed by atoms with Crippen molar-refractivity contribution in [1.82, 2.24) is 9.19 Å². The Morgan fingerprint density at radius 2 is 2.00 bits per heavy atom. The summed E-state index contributed by atoms with van der Waals surface area (Å²) in [4.78, 5) is 0.0972. The number of rotatable bonds is 4. The summed E-state index contributed by atoms with van der Waals surface area (Å²) in [6, 6.07) is 6.62. The lowest BCUT2D eigenvalue weighted by Gasteiger charge is -2.12. The van der Waals surface area contributed by atoms with E-state index in [0.717, 1.165) is 4.09 Å². The molecule has 1 aromatic heterocycles. The van der Waals surface area contributed by atoms with Crippen LogP contribution in [0.3, 0.4) is 0 Å². The van der Waals surface area contributed by atoms with E-state index in [1.807, 2.05) is 6.92 Å². The van der Waals surface area contributed by atoms with E-state index >= 15 is 0 Å². The Labute approximate surface area is 126 Å². The predicted octanol–water partition coefficient (Wildman–Crippen LogP) is 2.90.